The summed E-state index contributed by atoms with van der Waals surface area (Å²) in [6.07, 6.45) is 6.04. The van der Waals surface area contributed by atoms with E-state index in [0.717, 1.165) is 41.1 Å². The number of hydrogen-bond donors (Lipinski definition) is 0. The highest BCUT2D eigenvalue weighted by Gasteiger charge is 2.32. The van der Waals surface area contributed by atoms with Crippen molar-refractivity contribution in [3.8, 4) is 11.5 Å². The van der Waals surface area contributed by atoms with E-state index in [-0.39, 0.29) is 12.4 Å². The van der Waals surface area contributed by atoms with E-state index in [1.165, 1.54) is 31.4 Å². The standard InChI is InChI=1S/C11H13NO.C9H8O2.C3H5Br/c1-2-4-11-10(3-1)12(7-8-13-11)9-5-6-9;10-8-5-7-3-1-2-4-9(7)11-6-8;4-3-1-2-3/h1-4,9H,5-8H2;1-4H,5-6H2;3H,1-2H2. The summed E-state index contributed by atoms with van der Waals surface area (Å²) in [6, 6.07) is 16.8. The lowest BCUT2D eigenvalue weighted by atomic mass is 10.1. The Morgan fingerprint density at radius 1 is 0.893 bits per heavy atom. The van der Waals surface area contributed by atoms with Crippen molar-refractivity contribution in [3.05, 3.63) is 54.1 Å². The minimum Gasteiger partial charge on any atom is -0.490 e. The van der Waals surface area contributed by atoms with E-state index in [9.17, 15) is 4.79 Å². The highest BCUT2D eigenvalue weighted by Crippen LogP contribution is 2.38. The van der Waals surface area contributed by atoms with Gasteiger partial charge < -0.3 is 14.4 Å². The van der Waals surface area contributed by atoms with E-state index < -0.39 is 0 Å². The van der Waals surface area contributed by atoms with Crippen LogP contribution in [0, 0.1) is 0 Å². The zero-order valence-corrected chi connectivity index (χ0v) is 17.6. The Morgan fingerprint density at radius 3 is 2.29 bits per heavy atom. The van der Waals surface area contributed by atoms with E-state index in [0.29, 0.717) is 6.42 Å². The van der Waals surface area contributed by atoms with Gasteiger partial charge in [-0.15, -0.1) is 0 Å². The molecule has 2 aromatic carbocycles. The molecule has 2 fully saturated rings. The van der Waals surface area contributed by atoms with Crippen molar-refractivity contribution in [1.82, 2.24) is 0 Å². The Bertz CT molecular complexity index is 817. The number of carbonyl (C=O) groups is 1. The van der Waals surface area contributed by atoms with Gasteiger partial charge in [-0.3, -0.25) is 4.79 Å². The minimum absolute atomic E-state index is 0.156. The first-order valence-electron chi connectivity index (χ1n) is 10.1. The van der Waals surface area contributed by atoms with Crippen LogP contribution < -0.4 is 14.4 Å². The molecule has 28 heavy (non-hydrogen) atoms. The van der Waals surface area contributed by atoms with Crippen LogP contribution in [0.1, 0.15) is 31.2 Å². The van der Waals surface area contributed by atoms with Gasteiger partial charge >= 0.3 is 0 Å². The Hall–Kier alpha value is -2.01. The lowest BCUT2D eigenvalue weighted by Gasteiger charge is -2.31. The number of para-hydroxylation sites is 3. The molecule has 2 aliphatic carbocycles. The quantitative estimate of drug-likeness (QED) is 0.594. The first-order valence-corrected chi connectivity index (χ1v) is 11.0. The molecule has 5 heteroatoms. The smallest absolute Gasteiger partial charge is 0.174 e. The second-order valence-corrected chi connectivity index (χ2v) is 8.82. The molecule has 0 amide bonds. The number of hydrogen-bond acceptors (Lipinski definition) is 4. The van der Waals surface area contributed by atoms with Crippen LogP contribution in [0.5, 0.6) is 11.5 Å². The van der Waals surface area contributed by atoms with Crippen LogP contribution in [0.2, 0.25) is 0 Å². The molecule has 0 saturated heterocycles. The molecule has 0 aromatic heterocycles. The van der Waals surface area contributed by atoms with E-state index >= 15 is 0 Å². The normalized spacial score (nSPS) is 19.5. The van der Waals surface area contributed by atoms with Crippen molar-refractivity contribution in [2.24, 2.45) is 0 Å². The van der Waals surface area contributed by atoms with E-state index in [1.54, 1.807) is 0 Å². The minimum atomic E-state index is 0.156. The number of rotatable bonds is 1. The van der Waals surface area contributed by atoms with Crippen LogP contribution in [0.4, 0.5) is 5.69 Å². The summed E-state index contributed by atoms with van der Waals surface area (Å²) in [4.78, 5) is 14.3. The summed E-state index contributed by atoms with van der Waals surface area (Å²) in [5.74, 6) is 2.07. The number of halogens is 1. The number of nitrogens with zero attached hydrogens (tertiary/aromatic N) is 1. The van der Waals surface area contributed by atoms with Gasteiger partial charge in [0.2, 0.25) is 0 Å². The van der Waals surface area contributed by atoms with Gasteiger partial charge in [0, 0.05) is 22.9 Å². The number of ether oxygens (including phenoxy) is 2. The SMILES string of the molecule is BrC1CC1.O=C1COc2ccccc2C1.c1ccc2c(c1)OCCN2C1CC1. The molecule has 2 aliphatic heterocycles. The largest absolute Gasteiger partial charge is 0.490 e. The molecule has 2 aromatic rings. The molecule has 0 spiro atoms. The lowest BCUT2D eigenvalue weighted by molar-refractivity contribution is -0.121. The Balaban J connectivity index is 0.000000116. The molecule has 2 heterocycles. The van der Waals surface area contributed by atoms with Crippen LogP contribution in [0.25, 0.3) is 0 Å². The number of carbonyl (C=O) groups excluding carboxylic acids is 1. The van der Waals surface area contributed by atoms with E-state index in [2.05, 4.69) is 39.0 Å². The predicted molar refractivity (Wildman–Crippen MR) is 115 cm³/mol. The molecule has 4 nitrogen and oxygen atoms in total. The van der Waals surface area contributed by atoms with Gasteiger partial charge in [-0.25, -0.2) is 0 Å². The number of Topliss-reactive ketones (excluding diaryl/α,β-unsaturated/α-hetero) is 1. The zero-order valence-electron chi connectivity index (χ0n) is 16.0. The summed E-state index contributed by atoms with van der Waals surface area (Å²) in [5, 5.41) is 0. The van der Waals surface area contributed by atoms with Crippen LogP contribution in [0.15, 0.2) is 48.5 Å². The number of benzene rings is 2. The van der Waals surface area contributed by atoms with Gasteiger partial charge in [0.1, 0.15) is 24.7 Å². The zero-order chi connectivity index (χ0) is 19.3. The van der Waals surface area contributed by atoms with Gasteiger partial charge in [-0.1, -0.05) is 46.3 Å². The number of fused-ring (bicyclic) bond motifs is 2. The lowest BCUT2D eigenvalue weighted by Crippen LogP contribution is -2.34. The average Bonchev–Trinajstić information content (AvgIpc) is 3.65. The highest BCUT2D eigenvalue weighted by molar-refractivity contribution is 9.09. The third-order valence-electron chi connectivity index (χ3n) is 5.01. The molecule has 0 bridgehead atoms. The second-order valence-electron chi connectivity index (χ2n) is 7.53. The van der Waals surface area contributed by atoms with Crippen LogP contribution in [-0.2, 0) is 11.2 Å². The van der Waals surface area contributed by atoms with Crippen molar-refractivity contribution in [1.29, 1.82) is 0 Å². The Morgan fingerprint density at radius 2 is 1.57 bits per heavy atom. The second kappa shape index (κ2) is 8.99. The van der Waals surface area contributed by atoms with Crippen LogP contribution in [0.3, 0.4) is 0 Å². The number of alkyl halides is 1. The maximum absolute atomic E-state index is 10.9. The fourth-order valence-corrected chi connectivity index (χ4v) is 3.50. The van der Waals surface area contributed by atoms with Gasteiger partial charge in [0.05, 0.1) is 12.2 Å². The van der Waals surface area contributed by atoms with Crippen molar-refractivity contribution < 1.29 is 14.3 Å². The van der Waals surface area contributed by atoms with Crippen LogP contribution >= 0.6 is 15.9 Å². The van der Waals surface area contributed by atoms with Gasteiger partial charge in [-0.05, 0) is 43.9 Å². The van der Waals surface area contributed by atoms with E-state index in [1.807, 2.05) is 30.3 Å². The number of ketones is 1. The average molecular weight is 444 g/mol. The van der Waals surface area contributed by atoms with Crippen molar-refractivity contribution in [2.75, 3.05) is 24.7 Å². The fourth-order valence-electron chi connectivity index (χ4n) is 3.23. The molecule has 0 atom stereocenters. The van der Waals surface area contributed by atoms with Gasteiger partial charge in [0.15, 0.2) is 5.78 Å². The molecule has 4 aliphatic rings. The predicted octanol–water partition coefficient (Wildman–Crippen LogP) is 4.78. The Labute approximate surface area is 175 Å². The summed E-state index contributed by atoms with van der Waals surface area (Å²) in [6.45, 7) is 2.13. The first kappa shape index (κ1) is 19.3. The fraction of sp³-hybridized carbons (Fsp3) is 0.435. The number of anilines is 1. The monoisotopic (exact) mass is 443 g/mol. The highest BCUT2D eigenvalue weighted by atomic mass is 79.9. The first-order chi connectivity index (χ1) is 13.7. The molecular weight excluding hydrogens is 418 g/mol. The summed E-state index contributed by atoms with van der Waals surface area (Å²) in [5.41, 5.74) is 2.29. The third-order valence-corrected chi connectivity index (χ3v) is 5.92. The molecule has 0 unspecified atom stereocenters. The maximum atomic E-state index is 10.9. The van der Waals surface area contributed by atoms with Crippen molar-refractivity contribution in [3.63, 3.8) is 0 Å². The van der Waals surface area contributed by atoms with Crippen molar-refractivity contribution >= 4 is 27.4 Å². The molecule has 6 rings (SSSR count). The van der Waals surface area contributed by atoms with E-state index in [4.69, 9.17) is 9.47 Å². The van der Waals surface area contributed by atoms with Gasteiger partial charge in [0.25, 0.3) is 0 Å². The third kappa shape index (κ3) is 5.28. The molecule has 0 N–H and O–H groups in total. The maximum Gasteiger partial charge on any atom is 0.174 e. The Kier molecular flexibility index (Phi) is 6.20. The van der Waals surface area contributed by atoms with Gasteiger partial charge in [-0.2, -0.15) is 0 Å². The van der Waals surface area contributed by atoms with Crippen molar-refractivity contribution in [2.45, 2.75) is 43.0 Å². The molecule has 2 saturated carbocycles. The summed E-state index contributed by atoms with van der Waals surface area (Å²) < 4.78 is 10.8. The molecule has 148 valence electrons. The molecular formula is C23H26BrNO3. The van der Waals surface area contributed by atoms with Crippen LogP contribution in [-0.4, -0.2) is 36.4 Å². The summed E-state index contributed by atoms with van der Waals surface area (Å²) >= 11 is 3.38. The summed E-state index contributed by atoms with van der Waals surface area (Å²) in [7, 11) is 0. The topological polar surface area (TPSA) is 38.8 Å². The molecule has 0 radical (unpaired) electrons.